The summed E-state index contributed by atoms with van der Waals surface area (Å²) in [6.07, 6.45) is 9.89. The van der Waals surface area contributed by atoms with Crippen molar-refractivity contribution in [1.82, 2.24) is 4.90 Å². The van der Waals surface area contributed by atoms with Crippen molar-refractivity contribution >= 4 is 17.9 Å². The largest absolute Gasteiger partial charge is 0.507 e. The van der Waals surface area contributed by atoms with Gasteiger partial charge >= 0.3 is 0 Å². The molecule has 40 heavy (non-hydrogen) atoms. The van der Waals surface area contributed by atoms with Gasteiger partial charge in [0.2, 0.25) is 11.8 Å². The summed E-state index contributed by atoms with van der Waals surface area (Å²) in [7, 11) is 0. The van der Waals surface area contributed by atoms with Gasteiger partial charge in [0.15, 0.2) is 0 Å². The van der Waals surface area contributed by atoms with Crippen molar-refractivity contribution in [2.24, 2.45) is 23.7 Å². The van der Waals surface area contributed by atoms with Gasteiger partial charge in [-0.05, 0) is 92.7 Å². The number of aromatic hydroxyl groups is 1. The average molecular weight is 552 g/mol. The summed E-state index contributed by atoms with van der Waals surface area (Å²) >= 11 is 0. The zero-order chi connectivity index (χ0) is 29.1. The van der Waals surface area contributed by atoms with Gasteiger partial charge in [-0.2, -0.15) is 0 Å². The molecule has 0 bridgehead atoms. The van der Waals surface area contributed by atoms with E-state index in [1.54, 1.807) is 4.90 Å². The molecule has 3 N–H and O–H groups in total. The summed E-state index contributed by atoms with van der Waals surface area (Å²) in [5, 5.41) is 32.4. The molecule has 2 amide bonds. The molecule has 0 radical (unpaired) electrons. The molecule has 0 aromatic heterocycles. The zero-order valence-corrected chi connectivity index (χ0v) is 25.1. The van der Waals surface area contributed by atoms with E-state index in [9.17, 15) is 24.9 Å². The number of allylic oxidation sites excluding steroid dienone is 2. The number of aryl methyl sites for hydroxylation is 2. The first-order chi connectivity index (χ1) is 19.1. The zero-order valence-electron chi connectivity index (χ0n) is 25.1. The Bertz CT molecular complexity index is 1140. The molecular weight excluding hydrogens is 502 g/mol. The summed E-state index contributed by atoms with van der Waals surface area (Å²) in [6, 6.07) is 3.94. The highest BCUT2D eigenvalue weighted by Gasteiger charge is 2.56. The first-order valence-corrected chi connectivity index (χ1v) is 15.5. The fourth-order valence-corrected chi connectivity index (χ4v) is 7.54. The van der Waals surface area contributed by atoms with Crippen molar-refractivity contribution in [2.75, 3.05) is 6.61 Å². The van der Waals surface area contributed by atoms with Crippen molar-refractivity contribution in [3.8, 4) is 5.75 Å². The normalized spacial score (nSPS) is 25.2. The predicted octanol–water partition coefficient (Wildman–Crippen LogP) is 6.23. The number of rotatable bonds is 10. The van der Waals surface area contributed by atoms with Gasteiger partial charge in [0, 0.05) is 12.0 Å². The third-order valence-corrected chi connectivity index (χ3v) is 9.54. The molecule has 220 valence electrons. The first-order valence-electron chi connectivity index (χ1n) is 15.5. The molecule has 1 saturated carbocycles. The lowest BCUT2D eigenvalue weighted by atomic mass is 9.66. The van der Waals surface area contributed by atoms with E-state index in [1.807, 2.05) is 26.0 Å². The molecule has 1 aliphatic heterocycles. The number of imide groups is 1. The molecule has 6 nitrogen and oxygen atoms in total. The van der Waals surface area contributed by atoms with Gasteiger partial charge in [0.25, 0.3) is 0 Å². The maximum atomic E-state index is 13.8. The third-order valence-electron chi connectivity index (χ3n) is 9.54. The molecule has 1 aromatic rings. The maximum absolute atomic E-state index is 13.8. The molecule has 3 aliphatic rings. The van der Waals surface area contributed by atoms with Crippen LogP contribution in [0.25, 0.3) is 6.08 Å². The molecule has 1 saturated heterocycles. The topological polar surface area (TPSA) is 98.1 Å². The van der Waals surface area contributed by atoms with Crippen LogP contribution in [0.2, 0.25) is 0 Å². The number of phenolic OH excluding ortho intramolecular Hbond substituents is 1. The van der Waals surface area contributed by atoms with Crippen LogP contribution in [-0.4, -0.2) is 50.8 Å². The Hall–Kier alpha value is -2.44. The number of phenols is 1. The molecular formula is C34H49NO5. The van der Waals surface area contributed by atoms with E-state index in [-0.39, 0.29) is 30.4 Å². The van der Waals surface area contributed by atoms with E-state index in [4.69, 9.17) is 0 Å². The Kier molecular flexibility index (Phi) is 9.94. The maximum Gasteiger partial charge on any atom is 0.234 e. The smallest absolute Gasteiger partial charge is 0.234 e. The highest BCUT2D eigenvalue weighted by Crippen LogP contribution is 2.49. The molecule has 0 unspecified atom stereocenters. The van der Waals surface area contributed by atoms with E-state index in [1.165, 1.54) is 5.57 Å². The number of fused-ring (bicyclic) bond motifs is 1. The highest BCUT2D eigenvalue weighted by molar-refractivity contribution is 6.06. The molecule has 0 spiro atoms. The lowest BCUT2D eigenvalue weighted by molar-refractivity contribution is -0.143. The number of amides is 2. The third kappa shape index (κ3) is 6.08. The Morgan fingerprint density at radius 1 is 1.05 bits per heavy atom. The van der Waals surface area contributed by atoms with E-state index >= 15 is 0 Å². The molecule has 2 aliphatic carbocycles. The number of aliphatic hydroxyl groups is 2. The van der Waals surface area contributed by atoms with Gasteiger partial charge in [0.05, 0.1) is 24.5 Å². The molecule has 1 heterocycles. The number of likely N-dealkylation sites (tertiary alicyclic amines) is 1. The van der Waals surface area contributed by atoms with Crippen molar-refractivity contribution in [2.45, 2.75) is 111 Å². The lowest BCUT2D eigenvalue weighted by Crippen LogP contribution is -2.42. The highest BCUT2D eigenvalue weighted by atomic mass is 16.3. The van der Waals surface area contributed by atoms with Crippen LogP contribution in [-0.2, 0) is 9.59 Å². The first kappa shape index (κ1) is 30.5. The van der Waals surface area contributed by atoms with E-state index in [0.717, 1.165) is 72.8 Å². The summed E-state index contributed by atoms with van der Waals surface area (Å²) in [4.78, 5) is 28.9. The molecule has 4 atom stereocenters. The molecule has 4 rings (SSSR count). The summed E-state index contributed by atoms with van der Waals surface area (Å²) in [5.74, 6) is -1.32. The summed E-state index contributed by atoms with van der Waals surface area (Å²) < 4.78 is 0. The molecule has 2 fully saturated rings. The van der Waals surface area contributed by atoms with Crippen molar-refractivity contribution in [3.63, 3.8) is 0 Å². The van der Waals surface area contributed by atoms with Crippen LogP contribution >= 0.6 is 0 Å². The van der Waals surface area contributed by atoms with Crippen LogP contribution in [0, 0.1) is 37.5 Å². The monoisotopic (exact) mass is 551 g/mol. The number of hydrogen-bond donors (Lipinski definition) is 3. The van der Waals surface area contributed by atoms with Crippen LogP contribution in [0.3, 0.4) is 0 Å². The van der Waals surface area contributed by atoms with Crippen LogP contribution in [0.1, 0.15) is 102 Å². The Balaban J connectivity index is 1.59. The van der Waals surface area contributed by atoms with Gasteiger partial charge in [-0.25, -0.2) is 0 Å². The van der Waals surface area contributed by atoms with Gasteiger partial charge in [0.1, 0.15) is 5.75 Å². The quantitative estimate of drug-likeness (QED) is 0.236. The second-order valence-corrected chi connectivity index (χ2v) is 12.7. The molecule has 6 heteroatoms. The van der Waals surface area contributed by atoms with Crippen LogP contribution < -0.4 is 0 Å². The second-order valence-electron chi connectivity index (χ2n) is 12.7. The Labute approximate surface area is 240 Å². The minimum Gasteiger partial charge on any atom is -0.507 e. The predicted molar refractivity (Wildman–Crippen MR) is 158 cm³/mol. The number of aliphatic hydroxyl groups excluding tert-OH is 2. The SMILES string of the molecule is CCC/C(=C\c1cc(C)c(O)c(C)c1)CC[C@@H](O)C1=C(C(C)C)C[C@H]2C(=O)N(C3CCCCC3)C(=O)[C@H]2[C@H]1CO. The number of carbonyl (C=O) groups is 2. The Morgan fingerprint density at radius 3 is 2.27 bits per heavy atom. The Morgan fingerprint density at radius 2 is 1.70 bits per heavy atom. The number of benzene rings is 1. The second kappa shape index (κ2) is 13.0. The van der Waals surface area contributed by atoms with Crippen molar-refractivity contribution in [3.05, 3.63) is 45.5 Å². The fourth-order valence-electron chi connectivity index (χ4n) is 7.54. The molecule has 1 aromatic carbocycles. The lowest BCUT2D eigenvalue weighted by Gasteiger charge is -2.38. The number of carbonyl (C=O) groups excluding carboxylic acids is 2. The fraction of sp³-hybridized carbons (Fsp3) is 0.647. The van der Waals surface area contributed by atoms with Gasteiger partial charge in [-0.15, -0.1) is 0 Å². The van der Waals surface area contributed by atoms with E-state index < -0.39 is 23.9 Å². The van der Waals surface area contributed by atoms with Crippen LogP contribution in [0.4, 0.5) is 0 Å². The van der Waals surface area contributed by atoms with Gasteiger partial charge < -0.3 is 15.3 Å². The average Bonchev–Trinajstić information content (AvgIpc) is 3.18. The van der Waals surface area contributed by atoms with Crippen LogP contribution in [0.5, 0.6) is 5.75 Å². The van der Waals surface area contributed by atoms with E-state index in [2.05, 4.69) is 26.8 Å². The minimum atomic E-state index is -0.786. The van der Waals surface area contributed by atoms with E-state index in [0.29, 0.717) is 25.0 Å². The number of hydrogen-bond acceptors (Lipinski definition) is 5. The van der Waals surface area contributed by atoms with Crippen LogP contribution in [0.15, 0.2) is 28.9 Å². The number of nitrogens with zero attached hydrogens (tertiary/aromatic N) is 1. The standard InChI is InChI=1S/C34H49NO5/c1-6-10-23(17-24-15-21(4)32(38)22(5)16-24)13-14-29(37)30-26(20(2)3)18-27-31(28(30)19-36)34(40)35(33(27)39)25-11-8-7-9-12-25/h15-17,20,25,27-29,31,36-38H,6-14,18-19H2,1-5H3/b23-17+/t27-,28+,29-,31-/m1/s1. The van der Waals surface area contributed by atoms with Crippen molar-refractivity contribution < 1.29 is 24.9 Å². The van der Waals surface area contributed by atoms with Gasteiger partial charge in [-0.1, -0.05) is 63.7 Å². The minimum absolute atomic E-state index is 0.0246. The van der Waals surface area contributed by atoms with Crippen molar-refractivity contribution in [1.29, 1.82) is 0 Å². The summed E-state index contributed by atoms with van der Waals surface area (Å²) in [5.41, 5.74) is 5.77. The van der Waals surface area contributed by atoms with Gasteiger partial charge in [-0.3, -0.25) is 14.5 Å². The summed E-state index contributed by atoms with van der Waals surface area (Å²) in [6.45, 7) is 9.85.